The van der Waals surface area contributed by atoms with Gasteiger partial charge in [-0.15, -0.1) is 0 Å². The van der Waals surface area contributed by atoms with Crippen LogP contribution < -0.4 is 23.8 Å². The minimum absolute atomic E-state index is 0.0768. The van der Waals surface area contributed by atoms with Gasteiger partial charge in [-0.2, -0.15) is 0 Å². The van der Waals surface area contributed by atoms with Crippen LogP contribution in [0, 0.1) is 0 Å². The number of ether oxygens (including phenoxy) is 3. The molecule has 162 valence electrons. The van der Waals surface area contributed by atoms with Crippen LogP contribution in [0.25, 0.3) is 0 Å². The molecule has 0 unspecified atom stereocenters. The van der Waals surface area contributed by atoms with Gasteiger partial charge in [0.25, 0.3) is 0 Å². The Hall–Kier alpha value is -2.94. The molecule has 30 heavy (non-hydrogen) atoms. The maximum Gasteiger partial charge on any atom is 0.232 e. The number of sulfonamides is 1. The Morgan fingerprint density at radius 3 is 2.50 bits per heavy atom. The maximum absolute atomic E-state index is 12.2. The largest absolute Gasteiger partial charge is 0.491 e. The van der Waals surface area contributed by atoms with Crippen molar-refractivity contribution >= 4 is 27.3 Å². The van der Waals surface area contributed by atoms with Gasteiger partial charge in [-0.05, 0) is 56.7 Å². The van der Waals surface area contributed by atoms with Crippen molar-refractivity contribution in [2.75, 3.05) is 29.2 Å². The lowest BCUT2D eigenvalue weighted by Gasteiger charge is -2.22. The van der Waals surface area contributed by atoms with E-state index in [2.05, 4.69) is 5.32 Å². The Morgan fingerprint density at radius 2 is 1.83 bits per heavy atom. The molecule has 2 aromatic rings. The number of fused-ring (bicyclic) bond motifs is 1. The molecule has 0 atom stereocenters. The predicted molar refractivity (Wildman–Crippen MR) is 115 cm³/mol. The smallest absolute Gasteiger partial charge is 0.232 e. The molecule has 1 amide bonds. The molecule has 2 aromatic carbocycles. The van der Waals surface area contributed by atoms with Crippen molar-refractivity contribution in [3.8, 4) is 17.2 Å². The molecular formula is C21H26N2O6S. The minimum Gasteiger partial charge on any atom is -0.491 e. The number of benzene rings is 2. The zero-order valence-electron chi connectivity index (χ0n) is 17.3. The van der Waals surface area contributed by atoms with Crippen LogP contribution in [0.1, 0.15) is 26.7 Å². The average molecular weight is 435 g/mol. The van der Waals surface area contributed by atoms with E-state index in [1.54, 1.807) is 42.5 Å². The van der Waals surface area contributed by atoms with E-state index in [9.17, 15) is 13.2 Å². The molecule has 9 heteroatoms. The molecule has 8 nitrogen and oxygen atoms in total. The summed E-state index contributed by atoms with van der Waals surface area (Å²) < 4.78 is 41.9. The zero-order chi connectivity index (χ0) is 21.7. The second-order valence-electron chi connectivity index (χ2n) is 7.22. The van der Waals surface area contributed by atoms with Gasteiger partial charge in [0.15, 0.2) is 11.5 Å². The molecule has 1 heterocycles. The molecular weight excluding hydrogens is 408 g/mol. The Labute approximate surface area is 176 Å². The van der Waals surface area contributed by atoms with Crippen molar-refractivity contribution in [1.29, 1.82) is 0 Å². The van der Waals surface area contributed by atoms with E-state index in [0.29, 0.717) is 29.3 Å². The van der Waals surface area contributed by atoms with Crippen molar-refractivity contribution in [3.63, 3.8) is 0 Å². The van der Waals surface area contributed by atoms with Crippen molar-refractivity contribution in [2.45, 2.75) is 32.8 Å². The van der Waals surface area contributed by atoms with Crippen LogP contribution in [0.15, 0.2) is 42.5 Å². The highest BCUT2D eigenvalue weighted by Gasteiger charge is 2.21. The number of nitrogens with zero attached hydrogens (tertiary/aromatic N) is 1. The summed E-state index contributed by atoms with van der Waals surface area (Å²) >= 11 is 0. The van der Waals surface area contributed by atoms with Crippen LogP contribution in [0.5, 0.6) is 17.2 Å². The quantitative estimate of drug-likeness (QED) is 0.650. The Kier molecular flexibility index (Phi) is 6.71. The van der Waals surface area contributed by atoms with Gasteiger partial charge in [0, 0.05) is 24.7 Å². The van der Waals surface area contributed by atoms with E-state index < -0.39 is 10.0 Å². The summed E-state index contributed by atoms with van der Waals surface area (Å²) in [5, 5.41) is 2.81. The molecule has 0 bridgehead atoms. The summed E-state index contributed by atoms with van der Waals surface area (Å²) in [4.78, 5) is 12.2. The van der Waals surface area contributed by atoms with Crippen molar-refractivity contribution in [3.05, 3.63) is 42.5 Å². The number of carbonyl (C=O) groups is 1. The van der Waals surface area contributed by atoms with E-state index in [-0.39, 0.29) is 31.8 Å². The summed E-state index contributed by atoms with van der Waals surface area (Å²) in [7, 11) is -3.52. The van der Waals surface area contributed by atoms with E-state index in [4.69, 9.17) is 14.2 Å². The third kappa shape index (κ3) is 5.79. The van der Waals surface area contributed by atoms with Gasteiger partial charge in [0.2, 0.25) is 22.7 Å². The van der Waals surface area contributed by atoms with E-state index >= 15 is 0 Å². The van der Waals surface area contributed by atoms with Crippen LogP contribution >= 0.6 is 0 Å². The van der Waals surface area contributed by atoms with Crippen LogP contribution in [0.2, 0.25) is 0 Å². The van der Waals surface area contributed by atoms with Gasteiger partial charge >= 0.3 is 0 Å². The van der Waals surface area contributed by atoms with Crippen molar-refractivity contribution < 1.29 is 27.4 Å². The second-order valence-corrected chi connectivity index (χ2v) is 9.12. The number of amides is 1. The molecule has 0 aliphatic carbocycles. The molecule has 1 aliphatic rings. The molecule has 0 aromatic heterocycles. The van der Waals surface area contributed by atoms with Crippen LogP contribution in [-0.2, 0) is 14.8 Å². The predicted octanol–water partition coefficient (Wildman–Crippen LogP) is 3.39. The fourth-order valence-electron chi connectivity index (χ4n) is 3.02. The fraction of sp³-hybridized carbons (Fsp3) is 0.381. The molecule has 0 saturated heterocycles. The molecule has 0 fully saturated rings. The number of hydrogen-bond donors (Lipinski definition) is 1. The van der Waals surface area contributed by atoms with Crippen molar-refractivity contribution in [2.24, 2.45) is 0 Å². The molecule has 0 saturated carbocycles. The number of hydrogen-bond acceptors (Lipinski definition) is 6. The third-order valence-electron chi connectivity index (χ3n) is 4.32. The summed E-state index contributed by atoms with van der Waals surface area (Å²) in [5.74, 6) is 1.63. The number of nitrogens with one attached hydrogen (secondary N) is 1. The highest BCUT2D eigenvalue weighted by molar-refractivity contribution is 7.92. The first-order valence-electron chi connectivity index (χ1n) is 9.66. The standard InChI is InChI=1S/C21H26N2O6S/c1-15(2)29-18-9-6-16(7-10-18)22-21(24)5-4-12-23(30(3,25)26)17-8-11-19-20(13-17)28-14-27-19/h6-11,13,15H,4-5,12,14H2,1-3H3,(H,22,24). The summed E-state index contributed by atoms with van der Waals surface area (Å²) in [6, 6.07) is 12.1. The van der Waals surface area contributed by atoms with Gasteiger partial charge in [-0.3, -0.25) is 9.10 Å². The lowest BCUT2D eigenvalue weighted by molar-refractivity contribution is -0.116. The first kappa shape index (κ1) is 21.8. The normalized spacial score (nSPS) is 12.7. The van der Waals surface area contributed by atoms with E-state index in [0.717, 1.165) is 12.0 Å². The molecule has 0 spiro atoms. The third-order valence-corrected chi connectivity index (χ3v) is 5.51. The van der Waals surface area contributed by atoms with E-state index in [1.165, 1.54) is 4.31 Å². The van der Waals surface area contributed by atoms with Gasteiger partial charge < -0.3 is 19.5 Å². The summed E-state index contributed by atoms with van der Waals surface area (Å²) in [6.45, 7) is 4.17. The first-order chi connectivity index (χ1) is 14.2. The number of carbonyl (C=O) groups excluding carboxylic acids is 1. The Bertz CT molecular complexity index is 989. The molecule has 1 aliphatic heterocycles. The van der Waals surface area contributed by atoms with Gasteiger partial charge in [-0.25, -0.2) is 8.42 Å². The van der Waals surface area contributed by atoms with Crippen LogP contribution in [0.4, 0.5) is 11.4 Å². The zero-order valence-corrected chi connectivity index (χ0v) is 18.1. The number of anilines is 2. The fourth-order valence-corrected chi connectivity index (χ4v) is 3.98. The van der Waals surface area contributed by atoms with E-state index in [1.807, 2.05) is 13.8 Å². The summed E-state index contributed by atoms with van der Waals surface area (Å²) in [5.41, 5.74) is 1.13. The average Bonchev–Trinajstić information content (AvgIpc) is 3.13. The highest BCUT2D eigenvalue weighted by Crippen LogP contribution is 2.36. The summed E-state index contributed by atoms with van der Waals surface area (Å²) in [6.07, 6.45) is 1.76. The second kappa shape index (κ2) is 9.25. The Morgan fingerprint density at radius 1 is 1.13 bits per heavy atom. The van der Waals surface area contributed by atoms with Gasteiger partial charge in [-0.1, -0.05) is 0 Å². The first-order valence-corrected chi connectivity index (χ1v) is 11.5. The highest BCUT2D eigenvalue weighted by atomic mass is 32.2. The molecule has 0 radical (unpaired) electrons. The SMILES string of the molecule is CC(C)Oc1ccc(NC(=O)CCCN(c2ccc3c(c2)OCO3)S(C)(=O)=O)cc1. The minimum atomic E-state index is -3.52. The lowest BCUT2D eigenvalue weighted by atomic mass is 10.2. The lowest BCUT2D eigenvalue weighted by Crippen LogP contribution is -2.31. The topological polar surface area (TPSA) is 94.2 Å². The monoisotopic (exact) mass is 434 g/mol. The molecule has 1 N–H and O–H groups in total. The van der Waals surface area contributed by atoms with Gasteiger partial charge in [0.05, 0.1) is 18.0 Å². The Balaban J connectivity index is 1.55. The van der Waals surface area contributed by atoms with Crippen LogP contribution in [0.3, 0.4) is 0 Å². The number of rotatable bonds is 9. The molecule has 3 rings (SSSR count). The van der Waals surface area contributed by atoms with Crippen molar-refractivity contribution in [1.82, 2.24) is 0 Å². The van der Waals surface area contributed by atoms with Gasteiger partial charge in [0.1, 0.15) is 5.75 Å². The van der Waals surface area contributed by atoms with Crippen LogP contribution in [-0.4, -0.2) is 40.0 Å². The maximum atomic E-state index is 12.2.